The lowest BCUT2D eigenvalue weighted by molar-refractivity contribution is -0.142. The van der Waals surface area contributed by atoms with E-state index in [-0.39, 0.29) is 36.6 Å². The summed E-state index contributed by atoms with van der Waals surface area (Å²) < 4.78 is 86.2. The number of carbonyl (C=O) groups is 1. The zero-order chi connectivity index (χ0) is 40.9. The zero-order valence-electron chi connectivity index (χ0n) is 30.9. The van der Waals surface area contributed by atoms with Crippen molar-refractivity contribution in [3.05, 3.63) is 91.4 Å². The molecular weight excluding hydrogens is 828 g/mol. The number of hydrogen-bond donors (Lipinski definition) is 0. The largest absolute Gasteiger partial charge is 0.436 e. The van der Waals surface area contributed by atoms with E-state index in [9.17, 15) is 26.3 Å². The van der Waals surface area contributed by atoms with Crippen LogP contribution in [0.2, 0.25) is 20.1 Å². The SMILES string of the molecule is Cc1c(Cl)c(C(F)(F)F)nn1CC(C(=O)C(Cn1nc(C(F)(F)F)c(Cl)c1C)N1CCN(c2ccc(Cl)cc2)C[C@H]1C)N1CCN(c2ccc(Cl)cc2)C[C@H]1C. The Kier molecular flexibility index (Phi) is 12.5. The molecule has 304 valence electrons. The van der Waals surface area contributed by atoms with Crippen molar-refractivity contribution >= 4 is 63.6 Å². The van der Waals surface area contributed by atoms with Crippen molar-refractivity contribution in [3.63, 3.8) is 0 Å². The molecule has 2 saturated heterocycles. The number of rotatable bonds is 10. The van der Waals surface area contributed by atoms with Crippen LogP contribution >= 0.6 is 46.4 Å². The van der Waals surface area contributed by atoms with Crippen LogP contribution in [0.1, 0.15) is 36.6 Å². The standard InChI is InChI=1S/C37H40Cl4F6N8O/c1-21-17-50(27-9-5-25(38)6-10-27)13-15-52(21)29(19-54-23(3)31(40)34(48-54)36(42,43)44)33(56)30(20-55-24(4)32(41)35(49-55)37(45,46)47)53-16-14-51(18-22(53)2)28-11-7-26(39)8-12-28/h5-12,21-22,29-30H,13-20H2,1-4H3/t21-,22-,29?,30?/m1/s1. The molecule has 56 heavy (non-hydrogen) atoms. The summed E-state index contributed by atoms with van der Waals surface area (Å²) in [4.78, 5) is 23.5. The van der Waals surface area contributed by atoms with Crippen LogP contribution in [0.5, 0.6) is 0 Å². The number of alkyl halides is 6. The van der Waals surface area contributed by atoms with E-state index in [0.29, 0.717) is 49.3 Å². The molecule has 2 aromatic carbocycles. The van der Waals surface area contributed by atoms with Crippen molar-refractivity contribution in [2.24, 2.45) is 0 Å². The monoisotopic (exact) mass is 866 g/mol. The van der Waals surface area contributed by atoms with E-state index in [0.717, 1.165) is 20.7 Å². The molecule has 2 fully saturated rings. The number of carbonyl (C=O) groups excluding carboxylic acids is 1. The molecule has 0 radical (unpaired) electrons. The lowest BCUT2D eigenvalue weighted by Gasteiger charge is -2.48. The second-order valence-corrected chi connectivity index (χ2v) is 15.9. The number of anilines is 2. The first kappa shape index (κ1) is 42.4. The van der Waals surface area contributed by atoms with Crippen LogP contribution in [0.15, 0.2) is 48.5 Å². The summed E-state index contributed by atoms with van der Waals surface area (Å²) in [6.07, 6.45) is -9.70. The number of hydrogen-bond acceptors (Lipinski definition) is 7. The van der Waals surface area contributed by atoms with E-state index in [1.54, 1.807) is 24.3 Å². The van der Waals surface area contributed by atoms with Crippen LogP contribution in [-0.4, -0.2) is 98.6 Å². The maximum atomic E-state index is 15.4. The maximum Gasteiger partial charge on any atom is 0.436 e. The second kappa shape index (κ2) is 16.6. The van der Waals surface area contributed by atoms with Gasteiger partial charge in [0.2, 0.25) is 0 Å². The van der Waals surface area contributed by atoms with Gasteiger partial charge in [0.05, 0.1) is 46.6 Å². The van der Waals surface area contributed by atoms with E-state index in [2.05, 4.69) is 20.0 Å². The number of ketones is 1. The molecule has 2 aliphatic heterocycles. The number of aromatic nitrogens is 4. The van der Waals surface area contributed by atoms with Gasteiger partial charge in [-0.25, -0.2) is 0 Å². The average Bonchev–Trinajstić information content (AvgIpc) is 3.59. The smallest absolute Gasteiger partial charge is 0.369 e. The molecule has 2 aromatic heterocycles. The quantitative estimate of drug-likeness (QED) is 0.148. The first-order chi connectivity index (χ1) is 26.2. The fraction of sp³-hybridized carbons (Fsp3) is 0.486. The predicted molar refractivity (Wildman–Crippen MR) is 206 cm³/mol. The van der Waals surface area contributed by atoms with Crippen LogP contribution in [-0.2, 0) is 30.2 Å². The van der Waals surface area contributed by atoms with Crippen LogP contribution in [0, 0.1) is 13.8 Å². The highest BCUT2D eigenvalue weighted by molar-refractivity contribution is 6.32. The molecule has 4 atom stereocenters. The number of piperazine rings is 2. The van der Waals surface area contributed by atoms with Gasteiger partial charge in [0.15, 0.2) is 17.2 Å². The summed E-state index contributed by atoms with van der Waals surface area (Å²) in [7, 11) is 0. The maximum absolute atomic E-state index is 15.4. The molecule has 4 heterocycles. The normalized spacial score (nSPS) is 20.1. The van der Waals surface area contributed by atoms with E-state index in [1.165, 1.54) is 13.8 Å². The molecule has 0 aliphatic carbocycles. The van der Waals surface area contributed by atoms with Gasteiger partial charge >= 0.3 is 12.4 Å². The van der Waals surface area contributed by atoms with Crippen LogP contribution < -0.4 is 9.80 Å². The molecule has 0 N–H and O–H groups in total. The van der Waals surface area contributed by atoms with E-state index in [1.807, 2.05) is 47.9 Å². The molecule has 4 aromatic rings. The first-order valence-corrected chi connectivity index (χ1v) is 19.4. The third-order valence-corrected chi connectivity index (χ3v) is 12.1. The third kappa shape index (κ3) is 8.92. The lowest BCUT2D eigenvalue weighted by Crippen LogP contribution is -2.64. The van der Waals surface area contributed by atoms with Gasteiger partial charge in [0.1, 0.15) is 0 Å². The van der Waals surface area contributed by atoms with Gasteiger partial charge in [-0.2, -0.15) is 36.5 Å². The van der Waals surface area contributed by atoms with E-state index < -0.39 is 51.7 Å². The van der Waals surface area contributed by atoms with Gasteiger partial charge in [-0.05, 0) is 76.2 Å². The minimum Gasteiger partial charge on any atom is -0.369 e. The van der Waals surface area contributed by atoms with Crippen molar-refractivity contribution in [2.45, 2.75) is 77.3 Å². The van der Waals surface area contributed by atoms with Crippen LogP contribution in [0.25, 0.3) is 0 Å². The summed E-state index contributed by atoms with van der Waals surface area (Å²) in [5, 5.41) is 7.67. The molecule has 0 saturated carbocycles. The third-order valence-electron chi connectivity index (χ3n) is 10.7. The highest BCUT2D eigenvalue weighted by atomic mass is 35.5. The molecule has 2 unspecified atom stereocenters. The zero-order valence-corrected chi connectivity index (χ0v) is 33.9. The van der Waals surface area contributed by atoms with Gasteiger partial charge in [0.25, 0.3) is 0 Å². The predicted octanol–water partition coefficient (Wildman–Crippen LogP) is 8.78. The Balaban J connectivity index is 1.39. The summed E-state index contributed by atoms with van der Waals surface area (Å²) in [5.41, 5.74) is -0.678. The van der Waals surface area contributed by atoms with Gasteiger partial charge in [0, 0.05) is 72.8 Å². The first-order valence-electron chi connectivity index (χ1n) is 17.9. The highest BCUT2D eigenvalue weighted by Gasteiger charge is 2.45. The van der Waals surface area contributed by atoms with Crippen molar-refractivity contribution in [2.75, 3.05) is 49.1 Å². The van der Waals surface area contributed by atoms with Crippen LogP contribution in [0.3, 0.4) is 0 Å². The Bertz CT molecular complexity index is 1880. The minimum absolute atomic E-state index is 0.0234. The van der Waals surface area contributed by atoms with Gasteiger partial charge < -0.3 is 9.80 Å². The van der Waals surface area contributed by atoms with Gasteiger partial charge in [-0.1, -0.05) is 46.4 Å². The highest BCUT2D eigenvalue weighted by Crippen LogP contribution is 2.37. The second-order valence-electron chi connectivity index (χ2n) is 14.3. The molecule has 19 heteroatoms. The minimum atomic E-state index is -4.85. The van der Waals surface area contributed by atoms with Crippen molar-refractivity contribution in [3.8, 4) is 0 Å². The van der Waals surface area contributed by atoms with Crippen molar-refractivity contribution < 1.29 is 31.1 Å². The number of Topliss-reactive ketones (excluding diaryl/α,β-unsaturated/α-hetero) is 1. The van der Waals surface area contributed by atoms with Gasteiger partial charge in [-0.3, -0.25) is 24.0 Å². The Morgan fingerprint density at radius 1 is 0.643 bits per heavy atom. The van der Waals surface area contributed by atoms with Crippen molar-refractivity contribution in [1.29, 1.82) is 0 Å². The van der Waals surface area contributed by atoms with E-state index >= 15 is 4.79 Å². The Hall–Kier alpha value is -3.21. The Morgan fingerprint density at radius 3 is 1.27 bits per heavy atom. The number of benzene rings is 2. The molecule has 2 aliphatic rings. The number of nitrogens with zero attached hydrogens (tertiary/aromatic N) is 8. The summed E-state index contributed by atoms with van der Waals surface area (Å²) in [5.74, 6) is -0.414. The molecule has 0 spiro atoms. The fourth-order valence-corrected chi connectivity index (χ4v) is 8.41. The summed E-state index contributed by atoms with van der Waals surface area (Å²) in [6.45, 7) is 8.55. The Labute approximate surface area is 340 Å². The molecule has 6 rings (SSSR count). The van der Waals surface area contributed by atoms with E-state index in [4.69, 9.17) is 46.4 Å². The Morgan fingerprint density at radius 2 is 0.982 bits per heavy atom. The average molecular weight is 869 g/mol. The molecule has 0 amide bonds. The topological polar surface area (TPSA) is 65.7 Å². The molecular formula is C37H40Cl4F6N8O. The molecule has 9 nitrogen and oxygen atoms in total. The number of halogens is 10. The van der Waals surface area contributed by atoms with Gasteiger partial charge in [-0.15, -0.1) is 0 Å². The molecule has 0 bridgehead atoms. The lowest BCUT2D eigenvalue weighted by atomic mass is 9.96. The fourth-order valence-electron chi connectivity index (χ4n) is 7.67. The summed E-state index contributed by atoms with van der Waals surface area (Å²) >= 11 is 24.6. The van der Waals surface area contributed by atoms with Crippen molar-refractivity contribution in [1.82, 2.24) is 29.4 Å². The van der Waals surface area contributed by atoms with Crippen LogP contribution in [0.4, 0.5) is 37.7 Å². The summed E-state index contributed by atoms with van der Waals surface area (Å²) in [6, 6.07) is 11.9.